The fraction of sp³-hybridized carbons (Fsp3) is 0.440. The van der Waals surface area contributed by atoms with Crippen molar-refractivity contribution >= 4 is 23.7 Å². The summed E-state index contributed by atoms with van der Waals surface area (Å²) in [6.07, 6.45) is 0. The molecule has 2 aromatic rings. The van der Waals surface area contributed by atoms with Crippen LogP contribution in [-0.2, 0) is 15.1 Å². The summed E-state index contributed by atoms with van der Waals surface area (Å²) in [5.74, 6) is -1.16. The Morgan fingerprint density at radius 3 is 2.24 bits per heavy atom. The molecule has 176 valence electrons. The number of carbonyl (C=O) groups excluding carboxylic acids is 4. The molecule has 0 radical (unpaired) electrons. The third-order valence-corrected chi connectivity index (χ3v) is 6.31. The lowest BCUT2D eigenvalue weighted by Crippen LogP contribution is -2.45. The summed E-state index contributed by atoms with van der Waals surface area (Å²) in [5, 5.41) is 2.75. The number of benzene rings is 1. The summed E-state index contributed by atoms with van der Waals surface area (Å²) in [6, 6.07) is 5.82. The lowest BCUT2D eigenvalue weighted by molar-refractivity contribution is -0.131. The van der Waals surface area contributed by atoms with E-state index < -0.39 is 35.3 Å². The third-order valence-electron chi connectivity index (χ3n) is 6.31. The molecule has 1 saturated heterocycles. The van der Waals surface area contributed by atoms with Crippen molar-refractivity contribution in [2.75, 3.05) is 6.61 Å². The van der Waals surface area contributed by atoms with Crippen molar-refractivity contribution in [3.8, 4) is 0 Å². The average Bonchev–Trinajstić information content (AvgIpc) is 3.19. The molecule has 33 heavy (non-hydrogen) atoms. The Balaban J connectivity index is 1.90. The van der Waals surface area contributed by atoms with Gasteiger partial charge in [0.25, 0.3) is 5.91 Å². The molecule has 1 aliphatic heterocycles. The fourth-order valence-electron chi connectivity index (χ4n) is 4.24. The summed E-state index contributed by atoms with van der Waals surface area (Å²) < 4.78 is 5.08. The van der Waals surface area contributed by atoms with Crippen LogP contribution in [0.3, 0.4) is 0 Å². The highest BCUT2D eigenvalue weighted by Crippen LogP contribution is 2.32. The van der Waals surface area contributed by atoms with E-state index >= 15 is 0 Å². The zero-order chi connectivity index (χ0) is 24.7. The normalized spacial score (nSPS) is 19.1. The van der Waals surface area contributed by atoms with Gasteiger partial charge in [-0.2, -0.15) is 0 Å². The number of imide groups is 1. The molecule has 2 atom stereocenters. The van der Waals surface area contributed by atoms with Crippen molar-refractivity contribution in [3.63, 3.8) is 0 Å². The van der Waals surface area contributed by atoms with Gasteiger partial charge in [-0.3, -0.25) is 14.5 Å². The number of aromatic amines is 1. The smallest absolute Gasteiger partial charge is 0.340 e. The van der Waals surface area contributed by atoms with Gasteiger partial charge in [0, 0.05) is 5.69 Å². The minimum atomic E-state index is -1.28. The molecule has 8 heteroatoms. The first-order chi connectivity index (χ1) is 15.4. The first-order valence-electron chi connectivity index (χ1n) is 11.1. The second-order valence-corrected chi connectivity index (χ2v) is 8.89. The van der Waals surface area contributed by atoms with E-state index in [9.17, 15) is 19.2 Å². The Morgan fingerprint density at radius 2 is 1.70 bits per heavy atom. The van der Waals surface area contributed by atoms with Crippen LogP contribution < -0.4 is 5.32 Å². The molecule has 0 unspecified atom stereocenters. The van der Waals surface area contributed by atoms with Crippen molar-refractivity contribution in [2.45, 2.75) is 66.0 Å². The van der Waals surface area contributed by atoms with Gasteiger partial charge in [-0.1, -0.05) is 38.1 Å². The number of urea groups is 1. The van der Waals surface area contributed by atoms with Gasteiger partial charge in [0.15, 0.2) is 0 Å². The lowest BCUT2D eigenvalue weighted by Gasteiger charge is -2.24. The molecule has 0 bridgehead atoms. The first kappa shape index (κ1) is 24.2. The van der Waals surface area contributed by atoms with Crippen LogP contribution in [0.1, 0.15) is 83.8 Å². The van der Waals surface area contributed by atoms with Crippen molar-refractivity contribution in [3.05, 3.63) is 57.9 Å². The van der Waals surface area contributed by atoms with E-state index in [0.29, 0.717) is 28.3 Å². The van der Waals surface area contributed by atoms with Gasteiger partial charge in [0.2, 0.25) is 5.78 Å². The van der Waals surface area contributed by atoms with Gasteiger partial charge < -0.3 is 15.0 Å². The molecule has 3 rings (SSSR count). The summed E-state index contributed by atoms with van der Waals surface area (Å²) in [4.78, 5) is 55.7. The minimum Gasteiger partial charge on any atom is -0.462 e. The number of aryl methyl sites for hydroxylation is 1. The average molecular weight is 454 g/mol. The highest BCUT2D eigenvalue weighted by Gasteiger charge is 2.52. The molecule has 2 N–H and O–H groups in total. The molecule has 0 spiro atoms. The number of H-pyrrole nitrogens is 1. The molecule has 2 heterocycles. The van der Waals surface area contributed by atoms with Gasteiger partial charge >= 0.3 is 12.0 Å². The number of rotatable bonds is 7. The number of hydrogen-bond acceptors (Lipinski definition) is 5. The van der Waals surface area contributed by atoms with Gasteiger partial charge in [0.1, 0.15) is 11.6 Å². The number of esters is 1. The molecule has 1 aromatic carbocycles. The number of nitrogens with zero attached hydrogens (tertiary/aromatic N) is 1. The van der Waals surface area contributed by atoms with Crippen molar-refractivity contribution < 1.29 is 23.9 Å². The van der Waals surface area contributed by atoms with Gasteiger partial charge in [-0.05, 0) is 57.2 Å². The van der Waals surface area contributed by atoms with Crippen LogP contribution in [0.2, 0.25) is 0 Å². The van der Waals surface area contributed by atoms with Crippen LogP contribution in [0.15, 0.2) is 24.3 Å². The molecule has 1 fully saturated rings. The Kier molecular flexibility index (Phi) is 6.49. The summed E-state index contributed by atoms with van der Waals surface area (Å²) in [7, 11) is 0. The SMILES string of the molecule is CCOC(=O)c1c(C)[nH]c(C(=O)[C@H](C)N2C(=O)N[C@](C)(c3ccc(C(C)C)cc3)C2=O)c1C. The van der Waals surface area contributed by atoms with Crippen molar-refractivity contribution in [1.82, 2.24) is 15.2 Å². The standard InChI is InChI=1S/C25H31N3O5/c1-8-33-22(30)19-14(4)20(26-15(19)5)21(29)16(6)28-23(31)25(7,27-24(28)32)18-11-9-17(10-12-18)13(2)3/h9-13,16,26H,8H2,1-7H3,(H,27,32)/t16-,25+/m0/s1. The second kappa shape index (κ2) is 8.84. The van der Waals surface area contributed by atoms with Crippen molar-refractivity contribution in [2.24, 2.45) is 0 Å². The Bertz CT molecular complexity index is 1120. The Labute approximate surface area is 193 Å². The van der Waals surface area contributed by atoms with Gasteiger partial charge in [0.05, 0.1) is 17.9 Å². The van der Waals surface area contributed by atoms with E-state index in [1.807, 2.05) is 24.3 Å². The minimum absolute atomic E-state index is 0.179. The number of hydrogen-bond donors (Lipinski definition) is 2. The zero-order valence-electron chi connectivity index (χ0n) is 20.2. The summed E-state index contributed by atoms with van der Waals surface area (Å²) >= 11 is 0. The third kappa shape index (κ3) is 4.05. The van der Waals surface area contributed by atoms with E-state index in [1.54, 1.807) is 27.7 Å². The maximum Gasteiger partial charge on any atom is 0.340 e. The van der Waals surface area contributed by atoms with Crippen LogP contribution in [0, 0.1) is 13.8 Å². The molecular weight excluding hydrogens is 422 g/mol. The van der Waals surface area contributed by atoms with Crippen LogP contribution in [0.4, 0.5) is 4.79 Å². The fourth-order valence-corrected chi connectivity index (χ4v) is 4.24. The molecule has 8 nitrogen and oxygen atoms in total. The second-order valence-electron chi connectivity index (χ2n) is 8.89. The van der Waals surface area contributed by atoms with Crippen molar-refractivity contribution in [1.29, 1.82) is 0 Å². The zero-order valence-corrected chi connectivity index (χ0v) is 20.2. The number of Topliss-reactive ketones (excluding diaryl/α,β-unsaturated/α-hetero) is 1. The highest BCUT2D eigenvalue weighted by molar-refractivity contribution is 6.13. The molecule has 1 aromatic heterocycles. The lowest BCUT2D eigenvalue weighted by atomic mass is 9.89. The summed E-state index contributed by atoms with van der Waals surface area (Å²) in [6.45, 7) is 12.5. The van der Waals surface area contributed by atoms with E-state index in [0.717, 1.165) is 10.5 Å². The number of nitrogens with one attached hydrogen (secondary N) is 2. The van der Waals surface area contributed by atoms with Crippen LogP contribution in [-0.4, -0.2) is 46.2 Å². The highest BCUT2D eigenvalue weighted by atomic mass is 16.5. The predicted molar refractivity (Wildman–Crippen MR) is 123 cm³/mol. The monoisotopic (exact) mass is 453 g/mol. The predicted octanol–water partition coefficient (Wildman–Crippen LogP) is 3.97. The quantitative estimate of drug-likeness (QED) is 0.375. The number of aromatic nitrogens is 1. The van der Waals surface area contributed by atoms with E-state index in [4.69, 9.17) is 4.74 Å². The van der Waals surface area contributed by atoms with Crippen LogP contribution in [0.5, 0.6) is 0 Å². The first-order valence-corrected chi connectivity index (χ1v) is 11.1. The molecule has 0 aliphatic carbocycles. The molecule has 3 amide bonds. The van der Waals surface area contributed by atoms with E-state index in [1.165, 1.54) is 6.92 Å². The van der Waals surface area contributed by atoms with E-state index in [2.05, 4.69) is 24.1 Å². The number of ketones is 1. The van der Waals surface area contributed by atoms with Crippen LogP contribution in [0.25, 0.3) is 0 Å². The van der Waals surface area contributed by atoms with Gasteiger partial charge in [-0.25, -0.2) is 9.59 Å². The topological polar surface area (TPSA) is 109 Å². The molecular formula is C25H31N3O5. The number of carbonyl (C=O) groups is 4. The Morgan fingerprint density at radius 1 is 1.09 bits per heavy atom. The number of ether oxygens (including phenoxy) is 1. The molecule has 1 aliphatic rings. The maximum atomic E-state index is 13.4. The summed E-state index contributed by atoms with van der Waals surface area (Å²) in [5.41, 5.74) is 1.88. The molecule has 0 saturated carbocycles. The van der Waals surface area contributed by atoms with Gasteiger partial charge in [-0.15, -0.1) is 0 Å². The number of amides is 3. The Hall–Kier alpha value is -3.42. The van der Waals surface area contributed by atoms with E-state index in [-0.39, 0.29) is 12.3 Å². The largest absolute Gasteiger partial charge is 0.462 e. The maximum absolute atomic E-state index is 13.4. The van der Waals surface area contributed by atoms with Crippen LogP contribution >= 0.6 is 0 Å².